The van der Waals surface area contributed by atoms with Gasteiger partial charge in [-0.05, 0) is 12.1 Å². The molecule has 5 nitrogen and oxygen atoms in total. The van der Waals surface area contributed by atoms with E-state index in [1.54, 1.807) is 12.3 Å². The summed E-state index contributed by atoms with van der Waals surface area (Å²) >= 11 is 0. The highest BCUT2D eigenvalue weighted by Crippen LogP contribution is 2.24. The van der Waals surface area contributed by atoms with Crippen LogP contribution in [0, 0.1) is 11.3 Å². The van der Waals surface area contributed by atoms with E-state index >= 15 is 0 Å². The first-order chi connectivity index (χ1) is 7.88. The van der Waals surface area contributed by atoms with Gasteiger partial charge in [0.05, 0.1) is 12.7 Å². The van der Waals surface area contributed by atoms with E-state index in [-0.39, 0.29) is 0 Å². The third kappa shape index (κ3) is 1.32. The normalized spacial score (nSPS) is 14.4. The Morgan fingerprint density at radius 3 is 3.25 bits per heavy atom. The molecule has 3 heterocycles. The van der Waals surface area contributed by atoms with Crippen molar-refractivity contribution < 1.29 is 4.42 Å². The van der Waals surface area contributed by atoms with Gasteiger partial charge in [0.25, 0.3) is 0 Å². The number of fused-ring (bicyclic) bond motifs is 1. The molecule has 0 bridgehead atoms. The van der Waals surface area contributed by atoms with Gasteiger partial charge in [-0.15, -0.1) is 0 Å². The Morgan fingerprint density at radius 1 is 1.50 bits per heavy atom. The number of rotatable bonds is 1. The van der Waals surface area contributed by atoms with Gasteiger partial charge in [0, 0.05) is 13.1 Å². The molecule has 2 aromatic heterocycles. The summed E-state index contributed by atoms with van der Waals surface area (Å²) in [5, 5.41) is 12.0. The summed E-state index contributed by atoms with van der Waals surface area (Å²) in [6.45, 7) is 2.60. The molecule has 5 heteroatoms. The zero-order valence-corrected chi connectivity index (χ0v) is 8.60. The highest BCUT2D eigenvalue weighted by atomic mass is 16.3. The number of hydrogen-bond acceptors (Lipinski definition) is 4. The van der Waals surface area contributed by atoms with Gasteiger partial charge in [0.2, 0.25) is 5.76 Å². The molecule has 1 aliphatic rings. The van der Waals surface area contributed by atoms with Gasteiger partial charge in [-0.2, -0.15) is 5.26 Å². The highest BCUT2D eigenvalue weighted by Gasteiger charge is 2.16. The van der Waals surface area contributed by atoms with Crippen LogP contribution in [0.2, 0.25) is 0 Å². The van der Waals surface area contributed by atoms with Crippen molar-refractivity contribution in [2.75, 3.05) is 6.54 Å². The van der Waals surface area contributed by atoms with Crippen LogP contribution in [0.15, 0.2) is 22.7 Å². The molecule has 0 saturated carbocycles. The average Bonchev–Trinajstić information content (AvgIpc) is 2.94. The Balaban J connectivity index is 2.06. The maximum absolute atomic E-state index is 8.71. The fourth-order valence-corrected chi connectivity index (χ4v) is 1.93. The van der Waals surface area contributed by atoms with Crippen molar-refractivity contribution in [3.63, 3.8) is 0 Å². The lowest BCUT2D eigenvalue weighted by atomic mass is 10.3. The second kappa shape index (κ2) is 3.51. The van der Waals surface area contributed by atoms with Gasteiger partial charge in [0.15, 0.2) is 5.76 Å². The summed E-state index contributed by atoms with van der Waals surface area (Å²) in [5.74, 6) is 2.05. The van der Waals surface area contributed by atoms with Crippen LogP contribution in [0.1, 0.15) is 11.6 Å². The fourth-order valence-electron chi connectivity index (χ4n) is 1.93. The molecule has 0 fully saturated rings. The van der Waals surface area contributed by atoms with Gasteiger partial charge >= 0.3 is 0 Å². The summed E-state index contributed by atoms with van der Waals surface area (Å²) < 4.78 is 7.52. The number of hydrogen-bond donors (Lipinski definition) is 1. The standard InChI is InChI=1S/C11H10N4O/c12-5-8-1-2-10(16-8)9-6-14-11-7-13-3-4-15(9)11/h1-2,6,13H,3-4,7H2. The van der Waals surface area contributed by atoms with Crippen molar-refractivity contribution >= 4 is 0 Å². The Morgan fingerprint density at radius 2 is 2.44 bits per heavy atom. The van der Waals surface area contributed by atoms with Crippen LogP contribution in [0.25, 0.3) is 11.5 Å². The van der Waals surface area contributed by atoms with Crippen molar-refractivity contribution in [1.82, 2.24) is 14.9 Å². The summed E-state index contributed by atoms with van der Waals surface area (Å²) in [6, 6.07) is 5.47. The molecule has 2 aromatic rings. The number of aromatic nitrogens is 2. The maximum atomic E-state index is 8.71. The zero-order chi connectivity index (χ0) is 11.0. The van der Waals surface area contributed by atoms with Crippen LogP contribution in [-0.4, -0.2) is 16.1 Å². The molecule has 3 rings (SSSR count). The van der Waals surface area contributed by atoms with Crippen LogP contribution >= 0.6 is 0 Å². The quantitative estimate of drug-likeness (QED) is 0.772. The second-order valence-corrected chi connectivity index (χ2v) is 3.66. The fraction of sp³-hybridized carbons (Fsp3) is 0.273. The number of nitrogens with zero attached hydrogens (tertiary/aromatic N) is 3. The van der Waals surface area contributed by atoms with Crippen LogP contribution in [0.3, 0.4) is 0 Å². The minimum absolute atomic E-state index is 0.333. The van der Waals surface area contributed by atoms with Crippen molar-refractivity contribution in [2.45, 2.75) is 13.1 Å². The van der Waals surface area contributed by atoms with E-state index < -0.39 is 0 Å². The third-order valence-electron chi connectivity index (χ3n) is 2.70. The van der Waals surface area contributed by atoms with E-state index in [9.17, 15) is 0 Å². The Kier molecular flexibility index (Phi) is 2.01. The summed E-state index contributed by atoms with van der Waals surface area (Å²) in [5.41, 5.74) is 0.943. The largest absolute Gasteiger partial charge is 0.444 e. The molecule has 0 radical (unpaired) electrons. The topological polar surface area (TPSA) is 66.8 Å². The smallest absolute Gasteiger partial charge is 0.204 e. The molecule has 0 saturated heterocycles. The molecule has 0 unspecified atom stereocenters. The molecule has 1 N–H and O–H groups in total. The molecule has 80 valence electrons. The highest BCUT2D eigenvalue weighted by molar-refractivity contribution is 5.53. The molecular weight excluding hydrogens is 204 g/mol. The molecule has 0 amide bonds. The van der Waals surface area contributed by atoms with Crippen LogP contribution in [0.4, 0.5) is 0 Å². The van der Waals surface area contributed by atoms with Crippen molar-refractivity contribution in [3.05, 3.63) is 29.9 Å². The lowest BCUT2D eigenvalue weighted by Crippen LogP contribution is -2.28. The molecule has 16 heavy (non-hydrogen) atoms. The molecule has 0 aromatic carbocycles. The number of nitriles is 1. The molecule has 0 aliphatic carbocycles. The first-order valence-electron chi connectivity index (χ1n) is 5.14. The monoisotopic (exact) mass is 214 g/mol. The van der Waals surface area contributed by atoms with E-state index in [0.29, 0.717) is 11.5 Å². The number of imidazole rings is 1. The molecule has 0 spiro atoms. The minimum Gasteiger partial charge on any atom is -0.444 e. The summed E-state index contributed by atoms with van der Waals surface area (Å²) in [6.07, 6.45) is 1.79. The lowest BCUT2D eigenvalue weighted by molar-refractivity contribution is 0.499. The van der Waals surface area contributed by atoms with E-state index in [1.807, 2.05) is 12.1 Å². The van der Waals surface area contributed by atoms with Gasteiger partial charge in [-0.1, -0.05) is 0 Å². The molecular formula is C11H10N4O. The van der Waals surface area contributed by atoms with E-state index in [0.717, 1.165) is 31.2 Å². The molecule has 0 atom stereocenters. The third-order valence-corrected chi connectivity index (χ3v) is 2.70. The van der Waals surface area contributed by atoms with Gasteiger partial charge in [-0.25, -0.2) is 4.98 Å². The predicted molar refractivity (Wildman–Crippen MR) is 56.4 cm³/mol. The predicted octanol–water partition coefficient (Wildman–Crippen LogP) is 1.12. The van der Waals surface area contributed by atoms with Crippen molar-refractivity contribution in [3.8, 4) is 17.5 Å². The van der Waals surface area contributed by atoms with Crippen LogP contribution in [0.5, 0.6) is 0 Å². The SMILES string of the molecule is N#Cc1ccc(-c2cnc3n2CCNC3)o1. The van der Waals surface area contributed by atoms with Crippen LogP contribution < -0.4 is 5.32 Å². The second-order valence-electron chi connectivity index (χ2n) is 3.66. The van der Waals surface area contributed by atoms with Gasteiger partial charge in [-0.3, -0.25) is 0 Å². The minimum atomic E-state index is 0.333. The lowest BCUT2D eigenvalue weighted by Gasteiger charge is -2.16. The molecule has 1 aliphatic heterocycles. The van der Waals surface area contributed by atoms with Gasteiger partial charge in [0.1, 0.15) is 17.6 Å². The Hall–Kier alpha value is -2.06. The van der Waals surface area contributed by atoms with Crippen molar-refractivity contribution in [2.24, 2.45) is 0 Å². The van der Waals surface area contributed by atoms with E-state index in [4.69, 9.17) is 9.68 Å². The number of nitrogens with one attached hydrogen (secondary N) is 1. The van der Waals surface area contributed by atoms with Crippen molar-refractivity contribution in [1.29, 1.82) is 5.26 Å². The Bertz CT molecular complexity index is 561. The van der Waals surface area contributed by atoms with E-state index in [1.165, 1.54) is 0 Å². The van der Waals surface area contributed by atoms with E-state index in [2.05, 4.69) is 14.9 Å². The number of furan rings is 1. The maximum Gasteiger partial charge on any atom is 0.204 e. The van der Waals surface area contributed by atoms with Crippen LogP contribution in [-0.2, 0) is 13.1 Å². The summed E-state index contributed by atoms with van der Waals surface area (Å²) in [4.78, 5) is 4.33. The van der Waals surface area contributed by atoms with Gasteiger partial charge < -0.3 is 14.3 Å². The summed E-state index contributed by atoms with van der Waals surface area (Å²) in [7, 11) is 0. The first-order valence-corrected chi connectivity index (χ1v) is 5.14. The first kappa shape index (κ1) is 9.19. The Labute approximate surface area is 92.3 Å². The average molecular weight is 214 g/mol. The zero-order valence-electron chi connectivity index (χ0n) is 8.60.